The van der Waals surface area contributed by atoms with E-state index in [2.05, 4.69) is 10.1 Å². The van der Waals surface area contributed by atoms with Crippen LogP contribution in [0.3, 0.4) is 0 Å². The van der Waals surface area contributed by atoms with Gasteiger partial charge in [0.1, 0.15) is 6.61 Å². The van der Waals surface area contributed by atoms with Crippen LogP contribution in [0.4, 0.5) is 0 Å². The van der Waals surface area contributed by atoms with Gasteiger partial charge in [0.2, 0.25) is 0 Å². The van der Waals surface area contributed by atoms with Crippen LogP contribution >= 0.6 is 11.6 Å². The van der Waals surface area contributed by atoms with E-state index in [1.807, 2.05) is 24.3 Å². The molecule has 1 aliphatic heterocycles. The first kappa shape index (κ1) is 14.3. The van der Waals surface area contributed by atoms with Gasteiger partial charge in [-0.2, -0.15) is 0 Å². The lowest BCUT2D eigenvalue weighted by Crippen LogP contribution is -2.37. The maximum Gasteiger partial charge on any atom is 0.118 e. The van der Waals surface area contributed by atoms with E-state index in [0.717, 1.165) is 49.9 Å². The molecule has 1 saturated heterocycles. The summed E-state index contributed by atoms with van der Waals surface area (Å²) in [6, 6.07) is 7.48. The lowest BCUT2D eigenvalue weighted by atomic mass is 10.2. The Morgan fingerprint density at radius 1 is 1.26 bits per heavy atom. The molecule has 5 heteroatoms. The van der Waals surface area contributed by atoms with Gasteiger partial charge >= 0.3 is 0 Å². The highest BCUT2D eigenvalue weighted by Gasteiger charge is 2.08. The van der Waals surface area contributed by atoms with Gasteiger partial charge in [0, 0.05) is 24.7 Å². The number of ether oxygens (including phenoxy) is 1. The second kappa shape index (κ2) is 8.15. The van der Waals surface area contributed by atoms with Crippen molar-refractivity contribution >= 4 is 17.8 Å². The molecule has 1 aromatic carbocycles. The monoisotopic (exact) mass is 282 g/mol. The van der Waals surface area contributed by atoms with Crippen LogP contribution in [0.15, 0.2) is 29.4 Å². The quantitative estimate of drug-likeness (QED) is 0.456. The van der Waals surface area contributed by atoms with Gasteiger partial charge in [-0.1, -0.05) is 28.9 Å². The van der Waals surface area contributed by atoms with Crippen molar-refractivity contribution in [2.75, 3.05) is 39.5 Å². The molecule has 19 heavy (non-hydrogen) atoms. The van der Waals surface area contributed by atoms with Crippen LogP contribution in [0, 0.1) is 0 Å². The van der Waals surface area contributed by atoms with Gasteiger partial charge in [0.05, 0.1) is 19.4 Å². The number of oxime groups is 1. The Hall–Kier alpha value is -1.10. The van der Waals surface area contributed by atoms with Crippen molar-refractivity contribution < 1.29 is 9.57 Å². The lowest BCUT2D eigenvalue weighted by molar-refractivity contribution is 0.0323. The highest BCUT2D eigenvalue weighted by Crippen LogP contribution is 2.07. The molecule has 0 amide bonds. The molecule has 1 fully saturated rings. The third-order valence-electron chi connectivity index (χ3n) is 2.96. The van der Waals surface area contributed by atoms with Crippen LogP contribution in [0.25, 0.3) is 0 Å². The van der Waals surface area contributed by atoms with Crippen LogP contribution in [0.1, 0.15) is 12.0 Å². The lowest BCUT2D eigenvalue weighted by Gasteiger charge is -2.26. The van der Waals surface area contributed by atoms with Gasteiger partial charge < -0.3 is 9.57 Å². The standard InChI is InChI=1S/C14H19ClN2O2/c15-14-4-2-13(3-5-14)12-16-19-9-1-6-17-7-10-18-11-8-17/h2-5,12H,1,6-11H2/b16-12+. The van der Waals surface area contributed by atoms with E-state index in [9.17, 15) is 0 Å². The molecule has 1 aliphatic rings. The fourth-order valence-electron chi connectivity index (χ4n) is 1.88. The molecule has 0 N–H and O–H groups in total. The number of halogens is 1. The summed E-state index contributed by atoms with van der Waals surface area (Å²) in [5.74, 6) is 0. The molecule has 1 heterocycles. The number of hydrogen-bond donors (Lipinski definition) is 0. The highest BCUT2D eigenvalue weighted by molar-refractivity contribution is 6.30. The molecule has 0 atom stereocenters. The minimum atomic E-state index is 0.640. The summed E-state index contributed by atoms with van der Waals surface area (Å²) in [7, 11) is 0. The SMILES string of the molecule is Clc1ccc(/C=N/OCCCN2CCOCC2)cc1. The van der Waals surface area contributed by atoms with E-state index in [4.69, 9.17) is 21.2 Å². The number of morpholine rings is 1. The molecule has 104 valence electrons. The first-order valence-corrected chi connectivity index (χ1v) is 6.93. The summed E-state index contributed by atoms with van der Waals surface area (Å²) in [5, 5.41) is 4.67. The number of rotatable bonds is 6. The van der Waals surface area contributed by atoms with E-state index in [-0.39, 0.29) is 0 Å². The molecule has 0 bridgehead atoms. The Morgan fingerprint density at radius 2 is 2.00 bits per heavy atom. The highest BCUT2D eigenvalue weighted by atomic mass is 35.5. The van der Waals surface area contributed by atoms with Crippen molar-refractivity contribution in [3.63, 3.8) is 0 Å². The molecule has 0 spiro atoms. The van der Waals surface area contributed by atoms with Crippen molar-refractivity contribution in [3.8, 4) is 0 Å². The molecule has 0 radical (unpaired) electrons. The average Bonchev–Trinajstić information content (AvgIpc) is 2.46. The van der Waals surface area contributed by atoms with E-state index in [1.165, 1.54) is 0 Å². The predicted octanol–water partition coefficient (Wildman–Crippen LogP) is 2.41. The Balaban J connectivity index is 1.57. The maximum absolute atomic E-state index is 5.80. The van der Waals surface area contributed by atoms with E-state index in [0.29, 0.717) is 6.61 Å². The second-order valence-electron chi connectivity index (χ2n) is 4.43. The Kier molecular flexibility index (Phi) is 6.14. The Bertz CT molecular complexity index is 389. The van der Waals surface area contributed by atoms with Gasteiger partial charge in [-0.15, -0.1) is 0 Å². The van der Waals surface area contributed by atoms with Gasteiger partial charge in [-0.3, -0.25) is 4.90 Å². The fourth-order valence-corrected chi connectivity index (χ4v) is 2.00. The van der Waals surface area contributed by atoms with Crippen LogP contribution in [-0.4, -0.2) is 50.6 Å². The van der Waals surface area contributed by atoms with E-state index < -0.39 is 0 Å². The molecule has 0 saturated carbocycles. The first-order chi connectivity index (χ1) is 9.34. The molecular formula is C14H19ClN2O2. The molecule has 2 rings (SSSR count). The summed E-state index contributed by atoms with van der Waals surface area (Å²) in [4.78, 5) is 7.62. The number of benzene rings is 1. The zero-order valence-corrected chi connectivity index (χ0v) is 11.7. The summed E-state index contributed by atoms with van der Waals surface area (Å²) >= 11 is 5.80. The summed E-state index contributed by atoms with van der Waals surface area (Å²) in [6.45, 7) is 5.41. The van der Waals surface area contributed by atoms with Gasteiger partial charge in [-0.05, 0) is 24.1 Å². The van der Waals surface area contributed by atoms with Crippen molar-refractivity contribution in [2.24, 2.45) is 5.16 Å². The van der Waals surface area contributed by atoms with Crippen LogP contribution in [-0.2, 0) is 9.57 Å². The molecule has 0 aromatic heterocycles. The van der Waals surface area contributed by atoms with Crippen LogP contribution < -0.4 is 0 Å². The van der Waals surface area contributed by atoms with Crippen molar-refractivity contribution in [3.05, 3.63) is 34.9 Å². The van der Waals surface area contributed by atoms with Gasteiger partial charge in [0.15, 0.2) is 0 Å². The zero-order chi connectivity index (χ0) is 13.3. The van der Waals surface area contributed by atoms with E-state index in [1.54, 1.807) is 6.21 Å². The minimum Gasteiger partial charge on any atom is -0.396 e. The number of hydrogen-bond acceptors (Lipinski definition) is 4. The largest absolute Gasteiger partial charge is 0.396 e. The maximum atomic E-state index is 5.80. The number of nitrogens with zero attached hydrogens (tertiary/aromatic N) is 2. The summed E-state index contributed by atoms with van der Waals surface area (Å²) in [6.07, 6.45) is 2.68. The average molecular weight is 283 g/mol. The molecule has 4 nitrogen and oxygen atoms in total. The summed E-state index contributed by atoms with van der Waals surface area (Å²) < 4.78 is 5.30. The van der Waals surface area contributed by atoms with Crippen LogP contribution in [0.5, 0.6) is 0 Å². The van der Waals surface area contributed by atoms with E-state index >= 15 is 0 Å². The van der Waals surface area contributed by atoms with Crippen LogP contribution in [0.2, 0.25) is 5.02 Å². The third kappa shape index (κ3) is 5.59. The molecule has 1 aromatic rings. The topological polar surface area (TPSA) is 34.1 Å². The second-order valence-corrected chi connectivity index (χ2v) is 4.86. The molecule has 0 aliphatic carbocycles. The van der Waals surface area contributed by atoms with Crippen molar-refractivity contribution in [1.29, 1.82) is 0 Å². The third-order valence-corrected chi connectivity index (χ3v) is 3.21. The molecular weight excluding hydrogens is 264 g/mol. The fraction of sp³-hybridized carbons (Fsp3) is 0.500. The van der Waals surface area contributed by atoms with Crippen molar-refractivity contribution in [2.45, 2.75) is 6.42 Å². The zero-order valence-electron chi connectivity index (χ0n) is 10.9. The smallest absolute Gasteiger partial charge is 0.118 e. The molecule has 0 unspecified atom stereocenters. The summed E-state index contributed by atoms with van der Waals surface area (Å²) in [5.41, 5.74) is 0.984. The normalized spacial score (nSPS) is 16.9. The van der Waals surface area contributed by atoms with Gasteiger partial charge in [-0.25, -0.2) is 0 Å². The Morgan fingerprint density at radius 3 is 2.74 bits per heavy atom. The minimum absolute atomic E-state index is 0.640. The van der Waals surface area contributed by atoms with Gasteiger partial charge in [0.25, 0.3) is 0 Å². The first-order valence-electron chi connectivity index (χ1n) is 6.55. The predicted molar refractivity (Wildman–Crippen MR) is 76.9 cm³/mol. The van der Waals surface area contributed by atoms with Crippen molar-refractivity contribution in [1.82, 2.24) is 4.90 Å². The Labute approximate surface area is 118 Å².